The van der Waals surface area contributed by atoms with Gasteiger partial charge in [0.05, 0.1) is 0 Å². The molecule has 0 N–H and O–H groups in total. The first-order valence-electron chi connectivity index (χ1n) is 15.5. The van der Waals surface area contributed by atoms with Crippen LogP contribution in [0.1, 0.15) is 78.1 Å². The molecule has 3 heteroatoms. The van der Waals surface area contributed by atoms with Gasteiger partial charge in [-0.3, -0.25) is 0 Å². The van der Waals surface area contributed by atoms with Gasteiger partial charge in [0.1, 0.15) is 0 Å². The minimum atomic E-state index is -2.79. The van der Waals surface area contributed by atoms with Gasteiger partial charge in [-0.1, -0.05) is 0 Å². The molecule has 0 aliphatic heterocycles. The van der Waals surface area contributed by atoms with Crippen LogP contribution in [0, 0.1) is 6.92 Å². The summed E-state index contributed by atoms with van der Waals surface area (Å²) in [4.78, 5) is 0. The van der Waals surface area contributed by atoms with Crippen molar-refractivity contribution in [1.82, 2.24) is 0 Å². The molecule has 0 fully saturated rings. The third-order valence-electron chi connectivity index (χ3n) is 9.50. The summed E-state index contributed by atoms with van der Waals surface area (Å²) in [6.07, 6.45) is 4.80. The van der Waals surface area contributed by atoms with E-state index in [0.717, 1.165) is 12.8 Å². The maximum Gasteiger partial charge on any atom is -1.00 e. The largest absolute Gasteiger partial charge is 1.00 e. The maximum atomic E-state index is 2.67. The number of allylic oxidation sites excluding steroid dienone is 2. The number of fused-ring (bicyclic) bond motifs is 4. The van der Waals surface area contributed by atoms with Crippen molar-refractivity contribution in [3.05, 3.63) is 171 Å². The van der Waals surface area contributed by atoms with Gasteiger partial charge in [0.2, 0.25) is 0 Å². The van der Waals surface area contributed by atoms with Gasteiger partial charge in [0.15, 0.2) is 0 Å². The van der Waals surface area contributed by atoms with E-state index in [1.54, 1.807) is 19.9 Å². The Morgan fingerprint density at radius 2 is 1.11 bits per heavy atom. The van der Waals surface area contributed by atoms with Crippen LogP contribution in [0.25, 0.3) is 16.7 Å². The SMILES string of the molecule is CCc1ccc2c(c1)[CH]([Zr+2](=[C](c1ccccc1)c1ccccc1)[CH]1C=C(C)c3cccc(C)c31)c1cc(CC)ccc1-2.[Cl-].[Cl-]. The Balaban J connectivity index is 0.00000192. The van der Waals surface area contributed by atoms with Crippen LogP contribution >= 0.6 is 0 Å². The summed E-state index contributed by atoms with van der Waals surface area (Å²) in [6, 6.07) is 44.4. The third-order valence-corrected chi connectivity index (χ3v) is 18.2. The van der Waals surface area contributed by atoms with E-state index in [4.69, 9.17) is 0 Å². The summed E-state index contributed by atoms with van der Waals surface area (Å²) >= 11 is -2.79. The molecule has 0 heterocycles. The molecule has 2 aliphatic rings. The molecule has 0 saturated carbocycles. The van der Waals surface area contributed by atoms with Crippen LogP contribution in [0.3, 0.4) is 0 Å². The van der Waals surface area contributed by atoms with Gasteiger partial charge in [-0.2, -0.15) is 0 Å². The van der Waals surface area contributed by atoms with Gasteiger partial charge < -0.3 is 24.8 Å². The van der Waals surface area contributed by atoms with Gasteiger partial charge in [0, 0.05) is 0 Å². The van der Waals surface area contributed by atoms with Crippen LogP contribution in [0.15, 0.2) is 121 Å². The van der Waals surface area contributed by atoms with Gasteiger partial charge in [-0.15, -0.1) is 0 Å². The molecule has 5 aromatic carbocycles. The van der Waals surface area contributed by atoms with Crippen molar-refractivity contribution in [2.75, 3.05) is 0 Å². The zero-order valence-electron chi connectivity index (χ0n) is 25.9. The molecular formula is C41H38Cl2Zr. The second kappa shape index (κ2) is 13.7. The molecule has 0 radical (unpaired) electrons. The third kappa shape index (κ3) is 5.58. The first kappa shape index (κ1) is 32.6. The van der Waals surface area contributed by atoms with Crippen LogP contribution in [-0.4, -0.2) is 3.21 Å². The Morgan fingerprint density at radius 1 is 0.591 bits per heavy atom. The van der Waals surface area contributed by atoms with Crippen LogP contribution in [-0.2, 0) is 34.1 Å². The Bertz CT molecular complexity index is 1770. The molecule has 1 atom stereocenters. The first-order chi connectivity index (χ1) is 20.6. The van der Waals surface area contributed by atoms with E-state index in [2.05, 4.69) is 149 Å². The van der Waals surface area contributed by atoms with E-state index in [1.165, 1.54) is 50.1 Å². The molecule has 2 aliphatic carbocycles. The fourth-order valence-corrected chi connectivity index (χ4v) is 17.8. The molecule has 0 amide bonds. The minimum absolute atomic E-state index is 0. The number of hydrogen-bond donors (Lipinski definition) is 0. The van der Waals surface area contributed by atoms with E-state index in [1.807, 2.05) is 0 Å². The van der Waals surface area contributed by atoms with Crippen molar-refractivity contribution in [2.45, 2.75) is 47.8 Å². The normalized spacial score (nSPS) is 14.2. The Kier molecular flexibility index (Phi) is 10.1. The molecule has 5 aromatic rings. The zero-order chi connectivity index (χ0) is 28.8. The molecule has 0 nitrogen and oxygen atoms in total. The van der Waals surface area contributed by atoms with E-state index in [0.29, 0.717) is 7.25 Å². The molecule has 0 saturated heterocycles. The topological polar surface area (TPSA) is 0 Å². The molecule has 7 rings (SSSR count). The fraction of sp³-hybridized carbons (Fsp3) is 0.195. The summed E-state index contributed by atoms with van der Waals surface area (Å²) in [7, 11) is 0. The zero-order valence-corrected chi connectivity index (χ0v) is 29.8. The van der Waals surface area contributed by atoms with Gasteiger partial charge in [-0.25, -0.2) is 0 Å². The second-order valence-electron chi connectivity index (χ2n) is 11.9. The van der Waals surface area contributed by atoms with Crippen molar-refractivity contribution < 1.29 is 46.1 Å². The summed E-state index contributed by atoms with van der Waals surface area (Å²) in [5, 5.41) is 0. The van der Waals surface area contributed by atoms with Crippen LogP contribution in [0.4, 0.5) is 0 Å². The van der Waals surface area contributed by atoms with Crippen molar-refractivity contribution in [3.8, 4) is 11.1 Å². The monoisotopic (exact) mass is 690 g/mol. The number of benzene rings is 5. The summed E-state index contributed by atoms with van der Waals surface area (Å²) in [5.41, 5.74) is 17.7. The first-order valence-corrected chi connectivity index (χ1v) is 19.5. The van der Waals surface area contributed by atoms with Crippen LogP contribution in [0.5, 0.6) is 0 Å². The second-order valence-corrected chi connectivity index (χ2v) is 18.3. The van der Waals surface area contributed by atoms with E-state index in [9.17, 15) is 0 Å². The fourth-order valence-electron chi connectivity index (χ4n) is 7.43. The average molecular weight is 693 g/mol. The molecule has 1 unspecified atom stereocenters. The molecule has 0 bridgehead atoms. The quantitative estimate of drug-likeness (QED) is 0.250. The van der Waals surface area contributed by atoms with E-state index >= 15 is 0 Å². The summed E-state index contributed by atoms with van der Waals surface area (Å²) in [5.74, 6) is 0. The predicted octanol–water partition coefficient (Wildman–Crippen LogP) is 4.24. The average Bonchev–Trinajstić information content (AvgIpc) is 3.54. The van der Waals surface area contributed by atoms with Crippen LogP contribution < -0.4 is 24.8 Å². The van der Waals surface area contributed by atoms with Gasteiger partial charge in [0.25, 0.3) is 0 Å². The molecular weight excluding hydrogens is 655 g/mol. The maximum absolute atomic E-state index is 2.79. The predicted molar refractivity (Wildman–Crippen MR) is 176 cm³/mol. The number of hydrogen-bond acceptors (Lipinski definition) is 0. The van der Waals surface area contributed by atoms with E-state index < -0.39 is 21.3 Å². The molecule has 0 spiro atoms. The summed E-state index contributed by atoms with van der Waals surface area (Å²) in [6.45, 7) is 9.26. The van der Waals surface area contributed by atoms with Crippen molar-refractivity contribution in [2.24, 2.45) is 0 Å². The molecule has 44 heavy (non-hydrogen) atoms. The standard InChI is InChI=1S/C17H17.C13H10.C11H11.2ClH.Zr/c1-3-12-5-7-16-14(9-12)11-15-10-13(4-2)6-8-17(15)16;1-3-7-12(8-4-1)11-13-9-5-2-6-10-13;1-8-4-3-5-10-9(2)6-7-11(8)10;;;/h5-11H,3-4H2,1-2H3;1-10H;3-7H,1-2H3;2*1H;/q;;;;;+2/p-2. The Hall–Kier alpha value is -2.83. The van der Waals surface area contributed by atoms with Crippen molar-refractivity contribution in [3.63, 3.8) is 0 Å². The van der Waals surface area contributed by atoms with Gasteiger partial charge >= 0.3 is 260 Å². The van der Waals surface area contributed by atoms with Crippen LogP contribution in [0.2, 0.25) is 0 Å². The van der Waals surface area contributed by atoms with Gasteiger partial charge in [-0.05, 0) is 0 Å². The Morgan fingerprint density at radius 3 is 1.61 bits per heavy atom. The number of rotatable bonds is 6. The van der Waals surface area contributed by atoms with E-state index in [-0.39, 0.29) is 24.8 Å². The van der Waals surface area contributed by atoms with Crippen molar-refractivity contribution in [1.29, 1.82) is 0 Å². The summed E-state index contributed by atoms with van der Waals surface area (Å²) < 4.78 is 2.53. The minimum Gasteiger partial charge on any atom is -1.00 e. The molecule has 0 aromatic heterocycles. The smallest absolute Gasteiger partial charge is 1.00 e. The Labute approximate surface area is 283 Å². The molecule has 220 valence electrons. The number of aryl methyl sites for hydroxylation is 3. The van der Waals surface area contributed by atoms with Crippen molar-refractivity contribution >= 4 is 8.78 Å². The number of halogens is 2.